The van der Waals surface area contributed by atoms with Gasteiger partial charge in [0.15, 0.2) is 0 Å². The molecule has 0 spiro atoms. The topological polar surface area (TPSA) is 25.8 Å². The van der Waals surface area contributed by atoms with Gasteiger partial charge in [-0.25, -0.2) is 9.97 Å². The molecule has 0 unspecified atom stereocenters. The first kappa shape index (κ1) is 17.6. The summed E-state index contributed by atoms with van der Waals surface area (Å²) >= 11 is 6.37. The van der Waals surface area contributed by atoms with Gasteiger partial charge in [-0.1, -0.05) is 80.6 Å². The van der Waals surface area contributed by atoms with Crippen molar-refractivity contribution in [3.8, 4) is 22.4 Å². The van der Waals surface area contributed by atoms with Crippen LogP contribution < -0.4 is 0 Å². The number of halogens is 1. The van der Waals surface area contributed by atoms with Gasteiger partial charge in [-0.3, -0.25) is 0 Å². The summed E-state index contributed by atoms with van der Waals surface area (Å²) in [5.74, 6) is 0. The zero-order chi connectivity index (χ0) is 20.5. The Hall–Kier alpha value is -3.23. The van der Waals surface area contributed by atoms with Crippen LogP contribution in [0, 0.1) is 0 Å². The summed E-state index contributed by atoms with van der Waals surface area (Å²) in [6, 6.07) is 27.8. The minimum Gasteiger partial charge on any atom is -0.218 e. The number of hydrogen-bond donors (Lipinski definition) is 0. The van der Waals surface area contributed by atoms with Gasteiger partial charge in [0.2, 0.25) is 5.28 Å². The van der Waals surface area contributed by atoms with E-state index in [0.717, 1.165) is 22.2 Å². The molecule has 2 nitrogen and oxygen atoms in total. The summed E-state index contributed by atoms with van der Waals surface area (Å²) in [6.45, 7) is 4.60. The summed E-state index contributed by atoms with van der Waals surface area (Å²) in [5.41, 5.74) is 7.74. The number of benzene rings is 4. The molecule has 0 bridgehead atoms. The molecular formula is C27H19ClN2. The Labute approximate surface area is 180 Å². The molecule has 1 aliphatic rings. The standard InChI is InChI=1S/C27H19ClN2/c1-27(2)21-13-8-14-22-23(21)25(30-26(28)29-22)20-15-19(16-9-4-3-5-10-16)17-11-6-7-12-18(17)24(20)27/h3-15H,1-2H3. The lowest BCUT2D eigenvalue weighted by Crippen LogP contribution is -2.25. The van der Waals surface area contributed by atoms with E-state index >= 15 is 0 Å². The lowest BCUT2D eigenvalue weighted by Gasteiger charge is -2.36. The lowest BCUT2D eigenvalue weighted by molar-refractivity contribution is 0.650. The summed E-state index contributed by atoms with van der Waals surface area (Å²) in [4.78, 5) is 9.25. The molecule has 0 fully saturated rings. The molecule has 6 rings (SSSR count). The predicted molar refractivity (Wildman–Crippen MR) is 125 cm³/mol. The Morgan fingerprint density at radius 3 is 2.27 bits per heavy atom. The highest BCUT2D eigenvalue weighted by Crippen LogP contribution is 2.51. The smallest absolute Gasteiger partial charge is 0.218 e. The van der Waals surface area contributed by atoms with Crippen LogP contribution in [0.5, 0.6) is 0 Å². The third-order valence-electron chi connectivity index (χ3n) is 6.38. The van der Waals surface area contributed by atoms with Crippen LogP contribution in [-0.2, 0) is 5.41 Å². The van der Waals surface area contributed by atoms with E-state index in [-0.39, 0.29) is 10.7 Å². The summed E-state index contributed by atoms with van der Waals surface area (Å²) < 4.78 is 0. The molecule has 3 heteroatoms. The van der Waals surface area contributed by atoms with E-state index < -0.39 is 0 Å². The number of aromatic nitrogens is 2. The van der Waals surface area contributed by atoms with Gasteiger partial charge in [0.1, 0.15) is 0 Å². The molecule has 144 valence electrons. The van der Waals surface area contributed by atoms with Crippen LogP contribution in [0.15, 0.2) is 78.9 Å². The van der Waals surface area contributed by atoms with Crippen LogP contribution in [0.2, 0.25) is 5.28 Å². The van der Waals surface area contributed by atoms with Crippen molar-refractivity contribution in [2.75, 3.05) is 0 Å². The summed E-state index contributed by atoms with van der Waals surface area (Å²) in [6.07, 6.45) is 0. The molecule has 4 aromatic carbocycles. The average molecular weight is 407 g/mol. The fourth-order valence-electron chi connectivity index (χ4n) is 5.10. The second-order valence-electron chi connectivity index (χ2n) is 8.42. The maximum atomic E-state index is 6.37. The highest BCUT2D eigenvalue weighted by Gasteiger charge is 2.36. The van der Waals surface area contributed by atoms with Crippen molar-refractivity contribution in [3.05, 3.63) is 95.3 Å². The van der Waals surface area contributed by atoms with Crippen molar-refractivity contribution in [3.63, 3.8) is 0 Å². The molecule has 0 saturated carbocycles. The highest BCUT2D eigenvalue weighted by molar-refractivity contribution is 6.29. The molecular weight excluding hydrogens is 388 g/mol. The monoisotopic (exact) mass is 406 g/mol. The van der Waals surface area contributed by atoms with Crippen molar-refractivity contribution in [2.24, 2.45) is 0 Å². The van der Waals surface area contributed by atoms with Crippen LogP contribution in [0.1, 0.15) is 25.0 Å². The zero-order valence-corrected chi connectivity index (χ0v) is 17.5. The van der Waals surface area contributed by atoms with Crippen LogP contribution >= 0.6 is 11.6 Å². The number of rotatable bonds is 1. The van der Waals surface area contributed by atoms with E-state index in [1.165, 1.54) is 33.0 Å². The molecule has 0 amide bonds. The Morgan fingerprint density at radius 1 is 0.733 bits per heavy atom. The van der Waals surface area contributed by atoms with Gasteiger partial charge >= 0.3 is 0 Å². The Morgan fingerprint density at radius 2 is 1.47 bits per heavy atom. The zero-order valence-electron chi connectivity index (χ0n) is 16.8. The molecule has 0 radical (unpaired) electrons. The SMILES string of the molecule is CC1(C)c2c(cc(-c3ccccc3)c3ccccc23)-c2nc(Cl)nc3cccc1c23. The Kier molecular flexibility index (Phi) is 3.60. The maximum Gasteiger partial charge on any atom is 0.223 e. The van der Waals surface area contributed by atoms with E-state index in [1.807, 2.05) is 6.07 Å². The van der Waals surface area contributed by atoms with Crippen molar-refractivity contribution in [1.29, 1.82) is 0 Å². The van der Waals surface area contributed by atoms with E-state index in [9.17, 15) is 0 Å². The second-order valence-corrected chi connectivity index (χ2v) is 8.76. The summed E-state index contributed by atoms with van der Waals surface area (Å²) in [5, 5.41) is 3.91. The van der Waals surface area contributed by atoms with Crippen molar-refractivity contribution >= 4 is 33.3 Å². The first-order chi connectivity index (χ1) is 14.6. The normalized spacial score (nSPS) is 14.1. The largest absolute Gasteiger partial charge is 0.223 e. The number of hydrogen-bond acceptors (Lipinski definition) is 2. The molecule has 5 aromatic rings. The average Bonchev–Trinajstić information content (AvgIpc) is 2.76. The third-order valence-corrected chi connectivity index (χ3v) is 6.55. The molecule has 30 heavy (non-hydrogen) atoms. The van der Waals surface area contributed by atoms with Gasteiger partial charge < -0.3 is 0 Å². The van der Waals surface area contributed by atoms with Gasteiger partial charge in [-0.05, 0) is 56.8 Å². The van der Waals surface area contributed by atoms with Gasteiger partial charge in [-0.15, -0.1) is 0 Å². The van der Waals surface area contributed by atoms with Crippen molar-refractivity contribution < 1.29 is 0 Å². The fourth-order valence-corrected chi connectivity index (χ4v) is 5.27. The molecule has 1 aliphatic carbocycles. The predicted octanol–water partition coefficient (Wildman–Crippen LogP) is 7.41. The van der Waals surface area contributed by atoms with Gasteiger partial charge in [0.25, 0.3) is 0 Å². The highest BCUT2D eigenvalue weighted by atomic mass is 35.5. The quantitative estimate of drug-likeness (QED) is 0.271. The molecule has 1 aromatic heterocycles. The summed E-state index contributed by atoms with van der Waals surface area (Å²) in [7, 11) is 0. The van der Waals surface area contributed by atoms with Crippen molar-refractivity contribution in [1.82, 2.24) is 9.97 Å². The first-order valence-corrected chi connectivity index (χ1v) is 10.5. The minimum atomic E-state index is -0.187. The Bertz CT molecular complexity index is 1470. The van der Waals surface area contributed by atoms with E-state index in [1.54, 1.807) is 0 Å². The first-order valence-electron chi connectivity index (χ1n) is 10.1. The van der Waals surface area contributed by atoms with Gasteiger partial charge in [-0.2, -0.15) is 0 Å². The second kappa shape index (κ2) is 6.13. The van der Waals surface area contributed by atoms with E-state index in [0.29, 0.717) is 0 Å². The lowest BCUT2D eigenvalue weighted by atomic mass is 9.68. The van der Waals surface area contributed by atoms with Crippen LogP contribution in [-0.4, -0.2) is 9.97 Å². The van der Waals surface area contributed by atoms with Crippen LogP contribution in [0.25, 0.3) is 44.1 Å². The van der Waals surface area contributed by atoms with Gasteiger partial charge in [0, 0.05) is 16.4 Å². The van der Waals surface area contributed by atoms with Crippen LogP contribution in [0.3, 0.4) is 0 Å². The number of nitrogens with zero attached hydrogens (tertiary/aromatic N) is 2. The molecule has 0 saturated heterocycles. The molecule has 1 heterocycles. The van der Waals surface area contributed by atoms with Crippen LogP contribution in [0.4, 0.5) is 0 Å². The molecule has 0 atom stereocenters. The van der Waals surface area contributed by atoms with Gasteiger partial charge in [0.05, 0.1) is 11.2 Å². The van der Waals surface area contributed by atoms with E-state index in [4.69, 9.17) is 16.6 Å². The molecule has 0 aliphatic heterocycles. The van der Waals surface area contributed by atoms with Crippen molar-refractivity contribution in [2.45, 2.75) is 19.3 Å². The fraction of sp³-hybridized carbons (Fsp3) is 0.111. The third kappa shape index (κ3) is 2.31. The van der Waals surface area contributed by atoms with E-state index in [2.05, 4.69) is 91.6 Å². The number of fused-ring (bicyclic) bond motifs is 4. The Balaban J connectivity index is 1.85. The maximum absolute atomic E-state index is 6.37. The molecule has 0 N–H and O–H groups in total. The minimum absolute atomic E-state index is 0.187.